The average Bonchev–Trinajstić information content (AvgIpc) is 2.39. The molecule has 0 radical (unpaired) electrons. The number of aliphatic imine (C=N–C) groups is 1. The maximum absolute atomic E-state index is 4.59. The van der Waals surface area contributed by atoms with Gasteiger partial charge in [0.2, 0.25) is 0 Å². The fourth-order valence-electron chi connectivity index (χ4n) is 1.67. The highest BCUT2D eigenvalue weighted by Crippen LogP contribution is 2.48. The summed E-state index contributed by atoms with van der Waals surface area (Å²) in [6, 6.07) is 0. The smallest absolute Gasteiger partial charge is 0.0611 e. The minimum absolute atomic E-state index is 0.327. The Hall–Kier alpha value is -0.330. The summed E-state index contributed by atoms with van der Waals surface area (Å²) >= 11 is 0. The summed E-state index contributed by atoms with van der Waals surface area (Å²) in [6.07, 6.45) is 2.59. The van der Waals surface area contributed by atoms with Gasteiger partial charge in [0.1, 0.15) is 0 Å². The molecule has 1 heteroatoms. The van der Waals surface area contributed by atoms with Crippen molar-refractivity contribution in [3.63, 3.8) is 0 Å². The van der Waals surface area contributed by atoms with Gasteiger partial charge in [0.05, 0.1) is 5.54 Å². The van der Waals surface area contributed by atoms with Crippen LogP contribution in [0, 0.1) is 5.92 Å². The van der Waals surface area contributed by atoms with Gasteiger partial charge in [0.25, 0.3) is 0 Å². The van der Waals surface area contributed by atoms with E-state index in [9.17, 15) is 0 Å². The van der Waals surface area contributed by atoms with Crippen LogP contribution >= 0.6 is 0 Å². The lowest BCUT2D eigenvalue weighted by Crippen LogP contribution is -2.03. The molecule has 1 aliphatic rings. The van der Waals surface area contributed by atoms with Crippen molar-refractivity contribution in [1.29, 1.82) is 0 Å². The zero-order chi connectivity index (χ0) is 7.78. The molecular weight excluding hydrogens is 122 g/mol. The van der Waals surface area contributed by atoms with Gasteiger partial charge in [-0.05, 0) is 33.1 Å². The molecule has 0 amide bonds. The quantitative estimate of drug-likeness (QED) is 0.521. The standard InChI is InChI=1S/C9H17N/c1-5-8-6-9(8,4)10-7(2)3/h8H,5-6H2,1-4H3/t8-,9?/m1/s1. The first kappa shape index (κ1) is 7.77. The predicted octanol–water partition coefficient (Wildman–Crippen LogP) is 2.66. The van der Waals surface area contributed by atoms with Crippen molar-refractivity contribution in [2.75, 3.05) is 0 Å². The SMILES string of the molecule is CC[C@@H]1CC1(C)N=C(C)C. The molecule has 0 aliphatic heterocycles. The number of nitrogens with zero attached hydrogens (tertiary/aromatic N) is 1. The molecule has 0 heterocycles. The van der Waals surface area contributed by atoms with Gasteiger partial charge in [-0.2, -0.15) is 0 Å². The zero-order valence-corrected chi connectivity index (χ0v) is 7.44. The lowest BCUT2D eigenvalue weighted by Gasteiger charge is -2.03. The molecule has 0 spiro atoms. The van der Waals surface area contributed by atoms with Crippen molar-refractivity contribution in [3.05, 3.63) is 0 Å². The molecule has 0 bridgehead atoms. The van der Waals surface area contributed by atoms with E-state index in [1.807, 2.05) is 0 Å². The van der Waals surface area contributed by atoms with Crippen LogP contribution in [0.2, 0.25) is 0 Å². The van der Waals surface area contributed by atoms with E-state index in [1.165, 1.54) is 18.6 Å². The van der Waals surface area contributed by atoms with Crippen LogP contribution in [0.25, 0.3) is 0 Å². The molecule has 1 aliphatic carbocycles. The molecule has 1 fully saturated rings. The van der Waals surface area contributed by atoms with Crippen LogP contribution in [0.3, 0.4) is 0 Å². The second-order valence-electron chi connectivity index (χ2n) is 3.73. The molecule has 1 saturated carbocycles. The summed E-state index contributed by atoms with van der Waals surface area (Å²) in [6.45, 7) is 8.66. The predicted molar refractivity (Wildman–Crippen MR) is 45.6 cm³/mol. The monoisotopic (exact) mass is 139 g/mol. The third kappa shape index (κ3) is 1.39. The van der Waals surface area contributed by atoms with E-state index < -0.39 is 0 Å². The zero-order valence-electron chi connectivity index (χ0n) is 7.44. The Morgan fingerprint density at radius 1 is 1.60 bits per heavy atom. The third-order valence-electron chi connectivity index (χ3n) is 2.35. The van der Waals surface area contributed by atoms with E-state index in [2.05, 4.69) is 32.7 Å². The van der Waals surface area contributed by atoms with Gasteiger partial charge < -0.3 is 0 Å². The van der Waals surface area contributed by atoms with Crippen LogP contribution in [0.15, 0.2) is 4.99 Å². The van der Waals surface area contributed by atoms with E-state index in [4.69, 9.17) is 0 Å². The maximum atomic E-state index is 4.59. The Balaban J connectivity index is 2.51. The molecule has 0 aromatic heterocycles. The second-order valence-corrected chi connectivity index (χ2v) is 3.73. The fourth-order valence-corrected chi connectivity index (χ4v) is 1.67. The summed E-state index contributed by atoms with van der Waals surface area (Å²) in [7, 11) is 0. The molecule has 0 N–H and O–H groups in total. The summed E-state index contributed by atoms with van der Waals surface area (Å²) in [5, 5.41) is 0. The summed E-state index contributed by atoms with van der Waals surface area (Å²) in [5.74, 6) is 0.863. The average molecular weight is 139 g/mol. The molecule has 0 aromatic rings. The minimum atomic E-state index is 0.327. The molecule has 1 nitrogen and oxygen atoms in total. The minimum Gasteiger partial charge on any atom is -0.288 e. The Kier molecular flexibility index (Phi) is 1.84. The Labute approximate surface area is 63.5 Å². The molecule has 0 aromatic carbocycles. The Bertz CT molecular complexity index is 156. The highest BCUT2D eigenvalue weighted by atomic mass is 14.9. The normalized spacial score (nSPS) is 37.4. The number of hydrogen-bond acceptors (Lipinski definition) is 1. The molecule has 1 rings (SSSR count). The van der Waals surface area contributed by atoms with E-state index >= 15 is 0 Å². The Morgan fingerprint density at radius 3 is 2.50 bits per heavy atom. The first-order chi connectivity index (χ1) is 4.58. The van der Waals surface area contributed by atoms with E-state index in [1.54, 1.807) is 0 Å². The topological polar surface area (TPSA) is 12.4 Å². The van der Waals surface area contributed by atoms with Gasteiger partial charge in [-0.15, -0.1) is 0 Å². The molecule has 2 atom stereocenters. The van der Waals surface area contributed by atoms with E-state index in [0.717, 1.165) is 5.92 Å². The van der Waals surface area contributed by atoms with Crippen LogP contribution in [0.5, 0.6) is 0 Å². The molecule has 58 valence electrons. The Morgan fingerprint density at radius 2 is 2.20 bits per heavy atom. The van der Waals surface area contributed by atoms with Crippen molar-refractivity contribution in [1.82, 2.24) is 0 Å². The summed E-state index contributed by atoms with van der Waals surface area (Å²) in [5.41, 5.74) is 1.55. The number of rotatable bonds is 2. The van der Waals surface area contributed by atoms with Crippen LogP contribution < -0.4 is 0 Å². The van der Waals surface area contributed by atoms with Crippen LogP contribution in [0.4, 0.5) is 0 Å². The van der Waals surface area contributed by atoms with Crippen LogP contribution in [-0.2, 0) is 0 Å². The van der Waals surface area contributed by atoms with Crippen molar-refractivity contribution in [2.24, 2.45) is 10.9 Å². The molecule has 10 heavy (non-hydrogen) atoms. The lowest BCUT2D eigenvalue weighted by molar-refractivity contribution is 0.634. The van der Waals surface area contributed by atoms with Crippen molar-refractivity contribution < 1.29 is 0 Å². The van der Waals surface area contributed by atoms with Crippen molar-refractivity contribution in [2.45, 2.75) is 46.1 Å². The van der Waals surface area contributed by atoms with Crippen molar-refractivity contribution >= 4 is 5.71 Å². The number of hydrogen-bond donors (Lipinski definition) is 0. The third-order valence-corrected chi connectivity index (χ3v) is 2.35. The van der Waals surface area contributed by atoms with Gasteiger partial charge >= 0.3 is 0 Å². The summed E-state index contributed by atoms with van der Waals surface area (Å²) < 4.78 is 0. The second kappa shape index (κ2) is 2.37. The van der Waals surface area contributed by atoms with Gasteiger partial charge in [-0.3, -0.25) is 4.99 Å². The van der Waals surface area contributed by atoms with Crippen molar-refractivity contribution in [3.8, 4) is 0 Å². The largest absolute Gasteiger partial charge is 0.288 e. The lowest BCUT2D eigenvalue weighted by atomic mass is 10.2. The van der Waals surface area contributed by atoms with E-state index in [0.29, 0.717) is 5.54 Å². The van der Waals surface area contributed by atoms with Gasteiger partial charge in [-0.25, -0.2) is 0 Å². The maximum Gasteiger partial charge on any atom is 0.0611 e. The molecule has 1 unspecified atom stereocenters. The first-order valence-electron chi connectivity index (χ1n) is 4.11. The van der Waals surface area contributed by atoms with E-state index in [-0.39, 0.29) is 0 Å². The van der Waals surface area contributed by atoms with Gasteiger partial charge in [0, 0.05) is 5.71 Å². The highest BCUT2D eigenvalue weighted by Gasteiger charge is 2.48. The first-order valence-corrected chi connectivity index (χ1v) is 4.11. The highest BCUT2D eigenvalue weighted by molar-refractivity contribution is 5.79. The van der Waals surface area contributed by atoms with Crippen LogP contribution in [0.1, 0.15) is 40.5 Å². The van der Waals surface area contributed by atoms with Gasteiger partial charge in [-0.1, -0.05) is 13.3 Å². The summed E-state index contributed by atoms with van der Waals surface area (Å²) in [4.78, 5) is 4.59. The van der Waals surface area contributed by atoms with Crippen LogP contribution in [-0.4, -0.2) is 11.3 Å². The van der Waals surface area contributed by atoms with Gasteiger partial charge in [0.15, 0.2) is 0 Å². The fraction of sp³-hybridized carbons (Fsp3) is 0.889. The molecular formula is C9H17N. The molecule has 0 saturated heterocycles.